The van der Waals surface area contributed by atoms with Gasteiger partial charge in [0.1, 0.15) is 5.52 Å². The summed E-state index contributed by atoms with van der Waals surface area (Å²) >= 11 is 0. The van der Waals surface area contributed by atoms with Crippen LogP contribution in [-0.2, 0) is 27.7 Å². The molecule has 0 saturated carbocycles. The van der Waals surface area contributed by atoms with Gasteiger partial charge in [-0.3, -0.25) is 9.88 Å². The van der Waals surface area contributed by atoms with Gasteiger partial charge in [0.2, 0.25) is 5.89 Å². The van der Waals surface area contributed by atoms with E-state index in [9.17, 15) is 8.42 Å². The average Bonchev–Trinajstić information content (AvgIpc) is 3.08. The van der Waals surface area contributed by atoms with Crippen molar-refractivity contribution in [2.75, 3.05) is 26.0 Å². The zero-order chi connectivity index (χ0) is 19.3. The Bertz CT molecular complexity index is 987. The van der Waals surface area contributed by atoms with Crippen LogP contribution in [0.1, 0.15) is 18.5 Å². The Morgan fingerprint density at radius 3 is 2.74 bits per heavy atom. The van der Waals surface area contributed by atoms with Crippen molar-refractivity contribution < 1.29 is 17.6 Å². The van der Waals surface area contributed by atoms with Gasteiger partial charge in [-0.05, 0) is 30.3 Å². The van der Waals surface area contributed by atoms with Gasteiger partial charge < -0.3 is 9.15 Å². The second-order valence-electron chi connectivity index (χ2n) is 6.17. The third kappa shape index (κ3) is 4.91. The minimum absolute atomic E-state index is 0.0537. The van der Waals surface area contributed by atoms with E-state index >= 15 is 0 Å². The number of ether oxygens (including phenoxy) is 1. The SMILES string of the molecule is CCS(=O)(=O)c1ccc2oc(CN(CCOC)Cc3ccccn3)nc2c1. The summed E-state index contributed by atoms with van der Waals surface area (Å²) in [6, 6.07) is 10.6. The monoisotopic (exact) mass is 389 g/mol. The zero-order valence-electron chi connectivity index (χ0n) is 15.5. The number of benzene rings is 1. The first-order valence-corrected chi connectivity index (χ1v) is 10.4. The number of hydrogen-bond acceptors (Lipinski definition) is 7. The van der Waals surface area contributed by atoms with E-state index in [0.29, 0.717) is 43.2 Å². The molecule has 0 aliphatic rings. The van der Waals surface area contributed by atoms with Crippen molar-refractivity contribution in [1.29, 1.82) is 0 Å². The van der Waals surface area contributed by atoms with Gasteiger partial charge in [-0.25, -0.2) is 13.4 Å². The Morgan fingerprint density at radius 2 is 2.04 bits per heavy atom. The lowest BCUT2D eigenvalue weighted by Crippen LogP contribution is -2.27. The van der Waals surface area contributed by atoms with Gasteiger partial charge in [-0.2, -0.15) is 0 Å². The quantitative estimate of drug-likeness (QED) is 0.556. The Labute approximate surface area is 158 Å². The van der Waals surface area contributed by atoms with Crippen LogP contribution in [0, 0.1) is 0 Å². The van der Waals surface area contributed by atoms with Crippen LogP contribution in [0.15, 0.2) is 51.9 Å². The van der Waals surface area contributed by atoms with Crippen LogP contribution in [-0.4, -0.2) is 49.3 Å². The Balaban J connectivity index is 1.81. The van der Waals surface area contributed by atoms with Crippen molar-refractivity contribution >= 4 is 20.9 Å². The molecule has 3 aromatic rings. The maximum absolute atomic E-state index is 12.1. The predicted octanol–water partition coefficient (Wildman–Crippen LogP) is 2.67. The van der Waals surface area contributed by atoms with E-state index in [1.807, 2.05) is 18.2 Å². The first-order chi connectivity index (χ1) is 13.0. The van der Waals surface area contributed by atoms with E-state index in [2.05, 4.69) is 14.9 Å². The molecule has 1 aromatic carbocycles. The molecule has 8 heteroatoms. The Hall–Kier alpha value is -2.29. The van der Waals surface area contributed by atoms with Gasteiger partial charge in [0.15, 0.2) is 15.4 Å². The number of aromatic nitrogens is 2. The lowest BCUT2D eigenvalue weighted by atomic mass is 10.3. The second kappa shape index (κ2) is 8.60. The first kappa shape index (κ1) is 19.5. The van der Waals surface area contributed by atoms with Crippen molar-refractivity contribution in [3.8, 4) is 0 Å². The molecule has 27 heavy (non-hydrogen) atoms. The van der Waals surface area contributed by atoms with Crippen molar-refractivity contribution in [2.24, 2.45) is 0 Å². The second-order valence-corrected chi connectivity index (χ2v) is 8.44. The number of fused-ring (bicyclic) bond motifs is 1. The van der Waals surface area contributed by atoms with Crippen LogP contribution in [0.3, 0.4) is 0 Å². The Morgan fingerprint density at radius 1 is 1.19 bits per heavy atom. The number of pyridine rings is 1. The summed E-state index contributed by atoms with van der Waals surface area (Å²) in [5.74, 6) is 0.584. The number of nitrogens with zero attached hydrogens (tertiary/aromatic N) is 3. The van der Waals surface area contributed by atoms with E-state index in [4.69, 9.17) is 9.15 Å². The van der Waals surface area contributed by atoms with Gasteiger partial charge >= 0.3 is 0 Å². The van der Waals surface area contributed by atoms with Gasteiger partial charge in [-0.15, -0.1) is 0 Å². The molecule has 0 atom stereocenters. The molecule has 0 aliphatic heterocycles. The maximum atomic E-state index is 12.1. The van der Waals surface area contributed by atoms with Crippen molar-refractivity contribution in [2.45, 2.75) is 24.9 Å². The smallest absolute Gasteiger partial charge is 0.209 e. The summed E-state index contributed by atoms with van der Waals surface area (Å²) in [5.41, 5.74) is 2.06. The van der Waals surface area contributed by atoms with Gasteiger partial charge in [0.25, 0.3) is 0 Å². The molecule has 0 aliphatic carbocycles. The highest BCUT2D eigenvalue weighted by atomic mass is 32.2. The first-order valence-electron chi connectivity index (χ1n) is 8.75. The number of hydrogen-bond donors (Lipinski definition) is 0. The van der Waals surface area contributed by atoms with Crippen LogP contribution in [0.5, 0.6) is 0 Å². The highest BCUT2D eigenvalue weighted by Gasteiger charge is 2.16. The maximum Gasteiger partial charge on any atom is 0.209 e. The topological polar surface area (TPSA) is 85.5 Å². The molecule has 0 unspecified atom stereocenters. The molecule has 0 fully saturated rings. The van der Waals surface area contributed by atoms with Crippen LogP contribution >= 0.6 is 0 Å². The summed E-state index contributed by atoms with van der Waals surface area (Å²) < 4.78 is 35.1. The van der Waals surface area contributed by atoms with E-state index in [1.165, 1.54) is 0 Å². The highest BCUT2D eigenvalue weighted by Crippen LogP contribution is 2.22. The molecule has 0 radical (unpaired) electrons. The van der Waals surface area contributed by atoms with Crippen molar-refractivity contribution in [1.82, 2.24) is 14.9 Å². The molecule has 2 heterocycles. The molecule has 0 N–H and O–H groups in total. The molecular formula is C19H23N3O4S. The molecule has 0 saturated heterocycles. The van der Waals surface area contributed by atoms with Gasteiger partial charge in [0, 0.05) is 26.4 Å². The molecule has 0 bridgehead atoms. The third-order valence-electron chi connectivity index (χ3n) is 4.22. The fourth-order valence-corrected chi connectivity index (χ4v) is 3.63. The van der Waals surface area contributed by atoms with Crippen molar-refractivity contribution in [3.05, 3.63) is 54.2 Å². The number of rotatable bonds is 9. The number of oxazole rings is 1. The number of sulfone groups is 1. The van der Waals surface area contributed by atoms with Gasteiger partial charge in [0.05, 0.1) is 29.5 Å². The molecular weight excluding hydrogens is 366 g/mol. The predicted molar refractivity (Wildman–Crippen MR) is 102 cm³/mol. The van der Waals surface area contributed by atoms with E-state index in [1.54, 1.807) is 38.4 Å². The minimum atomic E-state index is -3.27. The molecule has 2 aromatic heterocycles. The highest BCUT2D eigenvalue weighted by molar-refractivity contribution is 7.91. The fourth-order valence-electron chi connectivity index (χ4n) is 2.73. The summed E-state index contributed by atoms with van der Waals surface area (Å²) in [5, 5.41) is 0. The molecule has 7 nitrogen and oxygen atoms in total. The molecule has 144 valence electrons. The largest absolute Gasteiger partial charge is 0.439 e. The normalized spacial score (nSPS) is 12.1. The third-order valence-corrected chi connectivity index (χ3v) is 5.96. The lowest BCUT2D eigenvalue weighted by Gasteiger charge is -2.19. The summed E-state index contributed by atoms with van der Waals surface area (Å²) in [6.45, 7) is 4.01. The molecule has 0 amide bonds. The average molecular weight is 389 g/mol. The summed E-state index contributed by atoms with van der Waals surface area (Å²) in [4.78, 5) is 11.2. The zero-order valence-corrected chi connectivity index (χ0v) is 16.3. The van der Waals surface area contributed by atoms with E-state index in [0.717, 1.165) is 5.69 Å². The molecule has 3 rings (SSSR count). The van der Waals surface area contributed by atoms with E-state index < -0.39 is 9.84 Å². The fraction of sp³-hybridized carbons (Fsp3) is 0.368. The van der Waals surface area contributed by atoms with Crippen LogP contribution in [0.4, 0.5) is 0 Å². The van der Waals surface area contributed by atoms with E-state index in [-0.39, 0.29) is 10.6 Å². The van der Waals surface area contributed by atoms with Crippen LogP contribution < -0.4 is 0 Å². The summed E-state index contributed by atoms with van der Waals surface area (Å²) in [6.07, 6.45) is 1.76. The van der Waals surface area contributed by atoms with Crippen LogP contribution in [0.2, 0.25) is 0 Å². The standard InChI is InChI=1S/C19H23N3O4S/c1-3-27(23,24)16-7-8-18-17(12-16)21-19(26-18)14-22(10-11-25-2)13-15-6-4-5-9-20-15/h4-9,12H,3,10-11,13-14H2,1-2H3. The molecule has 0 spiro atoms. The van der Waals surface area contributed by atoms with Gasteiger partial charge in [-0.1, -0.05) is 13.0 Å². The van der Waals surface area contributed by atoms with Crippen molar-refractivity contribution in [3.63, 3.8) is 0 Å². The lowest BCUT2D eigenvalue weighted by molar-refractivity contribution is 0.133. The Kier molecular flexibility index (Phi) is 6.20. The minimum Gasteiger partial charge on any atom is -0.439 e. The summed E-state index contributed by atoms with van der Waals surface area (Å²) in [7, 11) is -1.61. The number of methoxy groups -OCH3 is 1. The van der Waals surface area contributed by atoms with Crippen LogP contribution in [0.25, 0.3) is 11.1 Å².